The van der Waals surface area contributed by atoms with Gasteiger partial charge in [0.2, 0.25) is 10.0 Å². The highest BCUT2D eigenvalue weighted by molar-refractivity contribution is 7.89. The van der Waals surface area contributed by atoms with Gasteiger partial charge in [-0.05, 0) is 49.2 Å². The van der Waals surface area contributed by atoms with Crippen molar-refractivity contribution >= 4 is 10.0 Å². The molecule has 3 rings (SSSR count). The Kier molecular flexibility index (Phi) is 7.21. The molecule has 1 aliphatic rings. The fourth-order valence-electron chi connectivity index (χ4n) is 4.31. The van der Waals surface area contributed by atoms with E-state index in [1.807, 2.05) is 30.3 Å². The molecule has 0 radical (unpaired) electrons. The first-order chi connectivity index (χ1) is 14.6. The zero-order chi connectivity index (χ0) is 22.8. The van der Waals surface area contributed by atoms with Crippen LogP contribution in [0.15, 0.2) is 66.1 Å². The van der Waals surface area contributed by atoms with Crippen LogP contribution in [0, 0.1) is 0 Å². The maximum atomic E-state index is 12.5. The van der Waals surface area contributed by atoms with Crippen molar-refractivity contribution in [3.63, 3.8) is 0 Å². The quantitative estimate of drug-likeness (QED) is 0.665. The monoisotopic (exact) mass is 443 g/mol. The predicted octanol–water partition coefficient (Wildman–Crippen LogP) is 3.31. The third-order valence-corrected chi connectivity index (χ3v) is 7.85. The lowest BCUT2D eigenvalue weighted by molar-refractivity contribution is 0.0306. The van der Waals surface area contributed by atoms with Crippen LogP contribution in [0.2, 0.25) is 0 Å². The Morgan fingerprint density at radius 2 is 1.77 bits per heavy atom. The zero-order valence-electron chi connectivity index (χ0n) is 18.8. The highest BCUT2D eigenvalue weighted by Gasteiger charge is 2.34. The largest absolute Gasteiger partial charge is 0.508 e. The number of hydrogen-bond donors (Lipinski definition) is 1. The van der Waals surface area contributed by atoms with Crippen LogP contribution in [0.4, 0.5) is 0 Å². The SMILES string of the molecule is C=CCN1CC(C)N([C@H](c2ccc(S(=O)(=O)N(C)C)cc2)c2cccc(O)c2)CC1C. The molecule has 0 amide bonds. The molecule has 1 saturated heterocycles. The van der Waals surface area contributed by atoms with Crippen molar-refractivity contribution in [3.8, 4) is 5.75 Å². The minimum atomic E-state index is -3.49. The van der Waals surface area contributed by atoms with E-state index >= 15 is 0 Å². The number of phenolic OH excluding ortho intramolecular Hbond substituents is 1. The van der Waals surface area contributed by atoms with Gasteiger partial charge < -0.3 is 5.11 Å². The van der Waals surface area contributed by atoms with E-state index in [2.05, 4.69) is 30.2 Å². The Morgan fingerprint density at radius 1 is 1.10 bits per heavy atom. The smallest absolute Gasteiger partial charge is 0.242 e. The van der Waals surface area contributed by atoms with Crippen molar-refractivity contribution in [3.05, 3.63) is 72.3 Å². The van der Waals surface area contributed by atoms with Gasteiger partial charge in [-0.25, -0.2) is 12.7 Å². The zero-order valence-corrected chi connectivity index (χ0v) is 19.6. The van der Waals surface area contributed by atoms with Crippen LogP contribution in [-0.2, 0) is 10.0 Å². The van der Waals surface area contributed by atoms with Crippen molar-refractivity contribution < 1.29 is 13.5 Å². The van der Waals surface area contributed by atoms with E-state index in [4.69, 9.17) is 0 Å². The second kappa shape index (κ2) is 9.53. The highest BCUT2D eigenvalue weighted by atomic mass is 32.2. The summed E-state index contributed by atoms with van der Waals surface area (Å²) in [6.07, 6.45) is 1.94. The molecule has 3 atom stereocenters. The van der Waals surface area contributed by atoms with Gasteiger partial charge in [0.25, 0.3) is 0 Å². The number of hydrogen-bond acceptors (Lipinski definition) is 5. The Labute approximate surface area is 186 Å². The molecule has 7 heteroatoms. The maximum Gasteiger partial charge on any atom is 0.242 e. The average Bonchev–Trinajstić information content (AvgIpc) is 2.72. The van der Waals surface area contributed by atoms with Gasteiger partial charge in [0.05, 0.1) is 10.9 Å². The number of nitrogens with zero attached hydrogens (tertiary/aromatic N) is 3. The van der Waals surface area contributed by atoms with E-state index < -0.39 is 10.0 Å². The number of piperazine rings is 1. The van der Waals surface area contributed by atoms with Gasteiger partial charge in [-0.3, -0.25) is 9.80 Å². The van der Waals surface area contributed by atoms with Gasteiger partial charge in [-0.15, -0.1) is 6.58 Å². The Morgan fingerprint density at radius 3 is 2.35 bits per heavy atom. The van der Waals surface area contributed by atoms with E-state index in [0.29, 0.717) is 6.04 Å². The molecule has 6 nitrogen and oxygen atoms in total. The molecule has 1 N–H and O–H groups in total. The van der Waals surface area contributed by atoms with Crippen LogP contribution in [0.5, 0.6) is 5.75 Å². The summed E-state index contributed by atoms with van der Waals surface area (Å²) in [5, 5.41) is 10.1. The van der Waals surface area contributed by atoms with Crippen LogP contribution < -0.4 is 0 Å². The number of sulfonamides is 1. The topological polar surface area (TPSA) is 64.1 Å². The van der Waals surface area contributed by atoms with Crippen LogP contribution in [0.1, 0.15) is 31.0 Å². The van der Waals surface area contributed by atoms with E-state index in [1.165, 1.54) is 18.4 Å². The van der Waals surface area contributed by atoms with E-state index in [1.54, 1.807) is 24.3 Å². The third kappa shape index (κ3) is 5.01. The van der Waals surface area contributed by atoms with Crippen molar-refractivity contribution in [2.75, 3.05) is 33.7 Å². The van der Waals surface area contributed by atoms with E-state index in [-0.39, 0.29) is 22.7 Å². The lowest BCUT2D eigenvalue weighted by Crippen LogP contribution is -2.57. The van der Waals surface area contributed by atoms with Gasteiger partial charge in [0, 0.05) is 45.8 Å². The second-order valence-electron chi connectivity index (χ2n) is 8.49. The minimum Gasteiger partial charge on any atom is -0.508 e. The molecule has 31 heavy (non-hydrogen) atoms. The third-order valence-electron chi connectivity index (χ3n) is 6.02. The number of aromatic hydroxyl groups is 1. The van der Waals surface area contributed by atoms with Crippen molar-refractivity contribution in [1.29, 1.82) is 0 Å². The van der Waals surface area contributed by atoms with Gasteiger partial charge in [0.1, 0.15) is 5.75 Å². The Balaban J connectivity index is 2.01. The summed E-state index contributed by atoms with van der Waals surface area (Å²) in [4.78, 5) is 5.13. The fraction of sp³-hybridized carbons (Fsp3) is 0.417. The van der Waals surface area contributed by atoms with Crippen LogP contribution >= 0.6 is 0 Å². The molecule has 2 aromatic carbocycles. The average molecular weight is 444 g/mol. The maximum absolute atomic E-state index is 12.5. The summed E-state index contributed by atoms with van der Waals surface area (Å²) in [6, 6.07) is 15.0. The van der Waals surface area contributed by atoms with Gasteiger partial charge in [-0.1, -0.05) is 30.3 Å². The molecule has 0 aromatic heterocycles. The van der Waals surface area contributed by atoms with E-state index in [9.17, 15) is 13.5 Å². The summed E-state index contributed by atoms with van der Waals surface area (Å²) in [6.45, 7) is 10.9. The molecular weight excluding hydrogens is 410 g/mol. The molecule has 0 bridgehead atoms. The highest BCUT2D eigenvalue weighted by Crippen LogP contribution is 2.35. The first-order valence-electron chi connectivity index (χ1n) is 10.6. The van der Waals surface area contributed by atoms with Crippen LogP contribution in [0.25, 0.3) is 0 Å². The van der Waals surface area contributed by atoms with Crippen LogP contribution in [0.3, 0.4) is 0 Å². The van der Waals surface area contributed by atoms with Crippen LogP contribution in [-0.4, -0.2) is 73.4 Å². The van der Waals surface area contributed by atoms with Crippen molar-refractivity contribution in [2.24, 2.45) is 0 Å². The molecule has 2 unspecified atom stereocenters. The molecule has 2 aromatic rings. The molecule has 1 heterocycles. The first kappa shape index (κ1) is 23.5. The molecule has 0 saturated carbocycles. The summed E-state index contributed by atoms with van der Waals surface area (Å²) in [5.74, 6) is 0.223. The van der Waals surface area contributed by atoms with Gasteiger partial charge in [-0.2, -0.15) is 0 Å². The number of phenols is 1. The lowest BCUT2D eigenvalue weighted by Gasteiger charge is -2.47. The summed E-state index contributed by atoms with van der Waals surface area (Å²) in [5.41, 5.74) is 1.99. The first-order valence-corrected chi connectivity index (χ1v) is 12.0. The molecule has 0 spiro atoms. The molecule has 1 aliphatic heterocycles. The summed E-state index contributed by atoms with van der Waals surface area (Å²) < 4.78 is 26.2. The molecule has 168 valence electrons. The minimum absolute atomic E-state index is 0.0912. The summed E-state index contributed by atoms with van der Waals surface area (Å²) >= 11 is 0. The second-order valence-corrected chi connectivity index (χ2v) is 10.6. The van der Waals surface area contributed by atoms with Gasteiger partial charge in [0.15, 0.2) is 0 Å². The molecule has 1 fully saturated rings. The predicted molar refractivity (Wildman–Crippen MR) is 125 cm³/mol. The number of rotatable bonds is 7. The molecular formula is C24H33N3O3S. The standard InChI is InChI=1S/C24H33N3O3S/c1-6-14-26-16-19(3)27(17-18(26)2)24(21-8-7-9-22(28)15-21)20-10-12-23(13-11-20)31(29,30)25(4)5/h6-13,15,18-19,24,28H,1,14,16-17H2,2-5H3/t18?,19?,24-/m1/s1. The normalized spacial score (nSPS) is 21.8. The lowest BCUT2D eigenvalue weighted by atomic mass is 9.93. The number of benzene rings is 2. The van der Waals surface area contributed by atoms with E-state index in [0.717, 1.165) is 30.8 Å². The van der Waals surface area contributed by atoms with Crippen molar-refractivity contribution in [1.82, 2.24) is 14.1 Å². The fourth-order valence-corrected chi connectivity index (χ4v) is 5.21. The Hall–Kier alpha value is -2.19. The van der Waals surface area contributed by atoms with Gasteiger partial charge >= 0.3 is 0 Å². The Bertz CT molecular complexity index is 1000. The summed E-state index contributed by atoms with van der Waals surface area (Å²) in [7, 11) is -0.420. The molecule has 0 aliphatic carbocycles. The van der Waals surface area contributed by atoms with Crippen molar-refractivity contribution in [2.45, 2.75) is 36.9 Å².